The van der Waals surface area contributed by atoms with Gasteiger partial charge in [0.15, 0.2) is 0 Å². The van der Waals surface area contributed by atoms with Crippen LogP contribution in [0.15, 0.2) is 54.6 Å². The highest BCUT2D eigenvalue weighted by atomic mass is 16.4. The first kappa shape index (κ1) is 15.0. The van der Waals surface area contributed by atoms with Crippen molar-refractivity contribution in [3.8, 4) is 0 Å². The van der Waals surface area contributed by atoms with Gasteiger partial charge in [-0.2, -0.15) is 0 Å². The second-order valence-corrected chi connectivity index (χ2v) is 5.47. The number of benzene rings is 2. The molecule has 0 amide bonds. The molecule has 0 radical (unpaired) electrons. The van der Waals surface area contributed by atoms with Crippen LogP contribution < -0.4 is 0 Å². The molecule has 3 aromatic rings. The van der Waals surface area contributed by atoms with Gasteiger partial charge in [0, 0.05) is 12.5 Å². The molecule has 0 spiro atoms. The molecular formula is C19H18N2O2. The van der Waals surface area contributed by atoms with E-state index in [4.69, 9.17) is 5.11 Å². The molecule has 0 saturated carbocycles. The number of aromatic amines is 1. The van der Waals surface area contributed by atoms with E-state index in [1.807, 2.05) is 48.5 Å². The number of aromatic nitrogens is 2. The number of fused-ring (bicyclic) bond motifs is 1. The average Bonchev–Trinajstić information content (AvgIpc) is 2.97. The third-order valence-corrected chi connectivity index (χ3v) is 3.72. The van der Waals surface area contributed by atoms with Crippen molar-refractivity contribution in [3.05, 3.63) is 71.6 Å². The predicted octanol–water partition coefficient (Wildman–Crippen LogP) is 3.84. The lowest BCUT2D eigenvalue weighted by Crippen LogP contribution is -1.92. The maximum atomic E-state index is 10.5. The fraction of sp³-hybridized carbons (Fsp3) is 0.158. The fourth-order valence-electron chi connectivity index (χ4n) is 2.55. The van der Waals surface area contributed by atoms with Crippen molar-refractivity contribution >= 4 is 23.1 Å². The Labute approximate surface area is 134 Å². The predicted molar refractivity (Wildman–Crippen MR) is 91.2 cm³/mol. The zero-order valence-electron chi connectivity index (χ0n) is 12.7. The number of aryl methyl sites for hydroxylation is 2. The highest BCUT2D eigenvalue weighted by Crippen LogP contribution is 2.13. The smallest absolute Gasteiger partial charge is 0.328 e. The monoisotopic (exact) mass is 306 g/mol. The molecule has 0 aliphatic rings. The highest BCUT2D eigenvalue weighted by molar-refractivity contribution is 5.85. The Morgan fingerprint density at radius 2 is 1.87 bits per heavy atom. The Kier molecular flexibility index (Phi) is 4.52. The van der Waals surface area contributed by atoms with Crippen LogP contribution in [-0.2, 0) is 17.6 Å². The van der Waals surface area contributed by atoms with E-state index in [1.54, 1.807) is 6.08 Å². The molecule has 0 aliphatic heterocycles. The molecule has 2 aromatic carbocycles. The average molecular weight is 306 g/mol. The Morgan fingerprint density at radius 1 is 1.09 bits per heavy atom. The van der Waals surface area contributed by atoms with E-state index in [0.29, 0.717) is 0 Å². The summed E-state index contributed by atoms with van der Waals surface area (Å²) in [5.74, 6) is 0.0899. The van der Waals surface area contributed by atoms with Gasteiger partial charge in [-0.05, 0) is 42.2 Å². The second kappa shape index (κ2) is 6.92. The molecule has 0 atom stereocenters. The van der Waals surface area contributed by atoms with Crippen LogP contribution in [-0.4, -0.2) is 21.0 Å². The van der Waals surface area contributed by atoms with Crippen LogP contribution in [0.4, 0.5) is 0 Å². The van der Waals surface area contributed by atoms with Crippen molar-refractivity contribution in [2.75, 3.05) is 0 Å². The molecule has 1 aromatic heterocycles. The van der Waals surface area contributed by atoms with Gasteiger partial charge in [0.25, 0.3) is 0 Å². The summed E-state index contributed by atoms with van der Waals surface area (Å²) < 4.78 is 0. The number of H-pyrrole nitrogens is 1. The van der Waals surface area contributed by atoms with Gasteiger partial charge >= 0.3 is 5.97 Å². The lowest BCUT2D eigenvalue weighted by Gasteiger charge is -2.01. The van der Waals surface area contributed by atoms with Gasteiger partial charge in [0.1, 0.15) is 5.82 Å². The first-order chi connectivity index (χ1) is 11.2. The van der Waals surface area contributed by atoms with E-state index in [1.165, 1.54) is 5.56 Å². The maximum absolute atomic E-state index is 10.5. The molecule has 23 heavy (non-hydrogen) atoms. The minimum absolute atomic E-state index is 0.897. The van der Waals surface area contributed by atoms with E-state index >= 15 is 0 Å². The van der Waals surface area contributed by atoms with Gasteiger partial charge in [0.05, 0.1) is 11.0 Å². The van der Waals surface area contributed by atoms with Crippen LogP contribution in [0.25, 0.3) is 17.1 Å². The Morgan fingerprint density at radius 3 is 2.61 bits per heavy atom. The summed E-state index contributed by atoms with van der Waals surface area (Å²) in [7, 11) is 0. The summed E-state index contributed by atoms with van der Waals surface area (Å²) in [5.41, 5.74) is 4.23. The zero-order chi connectivity index (χ0) is 16.1. The molecule has 2 N–H and O–H groups in total. The molecule has 3 rings (SSSR count). The third-order valence-electron chi connectivity index (χ3n) is 3.72. The minimum atomic E-state index is -0.931. The van der Waals surface area contributed by atoms with Gasteiger partial charge in [-0.1, -0.05) is 36.4 Å². The van der Waals surface area contributed by atoms with Crippen LogP contribution in [0.5, 0.6) is 0 Å². The van der Waals surface area contributed by atoms with Crippen molar-refractivity contribution in [2.45, 2.75) is 19.3 Å². The van der Waals surface area contributed by atoms with Crippen LogP contribution in [0.1, 0.15) is 23.4 Å². The van der Waals surface area contributed by atoms with Crippen molar-refractivity contribution in [1.82, 2.24) is 9.97 Å². The van der Waals surface area contributed by atoms with Gasteiger partial charge in [0.2, 0.25) is 0 Å². The molecule has 0 saturated heterocycles. The van der Waals surface area contributed by atoms with Crippen LogP contribution in [0.3, 0.4) is 0 Å². The largest absolute Gasteiger partial charge is 0.478 e. The first-order valence-electron chi connectivity index (χ1n) is 7.64. The van der Waals surface area contributed by atoms with Crippen molar-refractivity contribution in [2.24, 2.45) is 0 Å². The second-order valence-electron chi connectivity index (χ2n) is 5.47. The fourth-order valence-corrected chi connectivity index (χ4v) is 2.55. The Bertz CT molecular complexity index is 799. The molecule has 0 bridgehead atoms. The molecule has 0 fully saturated rings. The summed E-state index contributed by atoms with van der Waals surface area (Å²) >= 11 is 0. The van der Waals surface area contributed by atoms with E-state index in [-0.39, 0.29) is 0 Å². The van der Waals surface area contributed by atoms with Gasteiger partial charge < -0.3 is 10.1 Å². The quantitative estimate of drug-likeness (QED) is 0.680. The molecule has 1 heterocycles. The summed E-state index contributed by atoms with van der Waals surface area (Å²) in [6.07, 6.45) is 5.65. The third kappa shape index (κ3) is 4.07. The molecule has 116 valence electrons. The molecule has 4 heteroatoms. The van der Waals surface area contributed by atoms with E-state index in [0.717, 1.165) is 47.8 Å². The van der Waals surface area contributed by atoms with Crippen molar-refractivity contribution in [1.29, 1.82) is 0 Å². The summed E-state index contributed by atoms with van der Waals surface area (Å²) in [5, 5.41) is 8.61. The number of nitrogens with one attached hydrogen (secondary N) is 1. The molecule has 4 nitrogen and oxygen atoms in total. The SMILES string of the molecule is O=C(O)/C=C/c1ccc(CCCc2nc3ccccc3[nH]2)cc1. The van der Waals surface area contributed by atoms with Gasteiger partial charge in [-0.15, -0.1) is 0 Å². The number of carboxylic acid groups (broad SMARTS) is 1. The van der Waals surface area contributed by atoms with Crippen LogP contribution in [0.2, 0.25) is 0 Å². The molecular weight excluding hydrogens is 288 g/mol. The molecule has 0 aliphatic carbocycles. The Balaban J connectivity index is 1.55. The highest BCUT2D eigenvalue weighted by Gasteiger charge is 2.02. The van der Waals surface area contributed by atoms with Crippen molar-refractivity contribution in [3.63, 3.8) is 0 Å². The molecule has 0 unspecified atom stereocenters. The van der Waals surface area contributed by atoms with E-state index in [2.05, 4.69) is 9.97 Å². The standard InChI is InChI=1S/C19H18N2O2/c22-19(23)13-12-15-10-8-14(9-11-15)4-3-7-18-20-16-5-1-2-6-17(16)21-18/h1-2,5-6,8-13H,3-4,7H2,(H,20,21)(H,22,23)/b13-12+. The lowest BCUT2D eigenvalue weighted by molar-refractivity contribution is -0.131. The number of carboxylic acids is 1. The number of carbonyl (C=O) groups is 1. The number of aliphatic carboxylic acids is 1. The van der Waals surface area contributed by atoms with E-state index < -0.39 is 5.97 Å². The van der Waals surface area contributed by atoms with E-state index in [9.17, 15) is 4.79 Å². The number of para-hydroxylation sites is 2. The number of nitrogens with zero attached hydrogens (tertiary/aromatic N) is 1. The minimum Gasteiger partial charge on any atom is -0.478 e. The number of hydrogen-bond donors (Lipinski definition) is 2. The topological polar surface area (TPSA) is 66.0 Å². The summed E-state index contributed by atoms with van der Waals surface area (Å²) in [6, 6.07) is 16.0. The normalized spacial score (nSPS) is 11.3. The first-order valence-corrected chi connectivity index (χ1v) is 7.64. The maximum Gasteiger partial charge on any atom is 0.328 e. The van der Waals surface area contributed by atoms with Gasteiger partial charge in [-0.3, -0.25) is 0 Å². The van der Waals surface area contributed by atoms with Crippen LogP contribution >= 0.6 is 0 Å². The Hall–Kier alpha value is -2.88. The summed E-state index contributed by atoms with van der Waals surface area (Å²) in [4.78, 5) is 18.4. The van der Waals surface area contributed by atoms with Crippen LogP contribution in [0, 0.1) is 0 Å². The van der Waals surface area contributed by atoms with Crippen molar-refractivity contribution < 1.29 is 9.90 Å². The number of hydrogen-bond acceptors (Lipinski definition) is 2. The summed E-state index contributed by atoms with van der Waals surface area (Å²) in [6.45, 7) is 0. The number of imidazole rings is 1. The van der Waals surface area contributed by atoms with Gasteiger partial charge in [-0.25, -0.2) is 9.78 Å². The lowest BCUT2D eigenvalue weighted by atomic mass is 10.1. The number of rotatable bonds is 6. The zero-order valence-corrected chi connectivity index (χ0v) is 12.7.